The number of carbonyl (C=O) groups excluding carboxylic acids is 3. The van der Waals surface area contributed by atoms with Crippen LogP contribution in [0.4, 0.5) is 0 Å². The van der Waals surface area contributed by atoms with E-state index in [4.69, 9.17) is 13.9 Å². The summed E-state index contributed by atoms with van der Waals surface area (Å²) in [6.07, 6.45) is 2.51. The molecule has 0 spiro atoms. The average molecular weight is 425 g/mol. The first-order valence-corrected chi connectivity index (χ1v) is 9.72. The van der Waals surface area contributed by atoms with Gasteiger partial charge in [-0.1, -0.05) is 0 Å². The van der Waals surface area contributed by atoms with Crippen LogP contribution >= 0.6 is 11.8 Å². The van der Waals surface area contributed by atoms with Gasteiger partial charge in [-0.2, -0.15) is 0 Å². The molecule has 29 heavy (non-hydrogen) atoms. The Hall–Kier alpha value is -2.86. The van der Waals surface area contributed by atoms with Crippen molar-refractivity contribution in [2.45, 2.75) is 31.4 Å². The molecule has 0 aliphatic carbocycles. The Kier molecular flexibility index (Phi) is 5.94. The van der Waals surface area contributed by atoms with Crippen LogP contribution in [0, 0.1) is 0 Å². The van der Waals surface area contributed by atoms with E-state index in [2.05, 4.69) is 10.3 Å². The Morgan fingerprint density at radius 2 is 2.24 bits per heavy atom. The smallest absolute Gasteiger partial charge is 0.352 e. The zero-order chi connectivity index (χ0) is 21.2. The third-order valence-corrected chi connectivity index (χ3v) is 5.63. The lowest BCUT2D eigenvalue weighted by molar-refractivity contribution is -0.197. The quantitative estimate of drug-likeness (QED) is 0.328. The molecule has 2 amide bonds. The Morgan fingerprint density at radius 1 is 1.48 bits per heavy atom. The molecule has 0 bridgehead atoms. The van der Waals surface area contributed by atoms with Crippen LogP contribution in [0.5, 0.6) is 0 Å². The number of oxazole rings is 1. The number of thioether (sulfide) groups is 1. The van der Waals surface area contributed by atoms with E-state index < -0.39 is 34.9 Å². The van der Waals surface area contributed by atoms with Gasteiger partial charge in [-0.15, -0.1) is 11.8 Å². The number of rotatable bonds is 8. The lowest BCUT2D eigenvalue weighted by atomic mass is 9.98. The number of nitrogens with zero attached hydrogens (tertiary/aromatic N) is 2. The maximum Gasteiger partial charge on any atom is 0.352 e. The second-order valence-corrected chi connectivity index (χ2v) is 7.26. The van der Waals surface area contributed by atoms with Crippen LogP contribution in [0.15, 0.2) is 28.1 Å². The molecule has 0 saturated carbocycles. The molecule has 12 heteroatoms. The first kappa shape index (κ1) is 20.9. The van der Waals surface area contributed by atoms with Crippen molar-refractivity contribution in [1.29, 1.82) is 0 Å². The van der Waals surface area contributed by atoms with Crippen molar-refractivity contribution in [1.82, 2.24) is 15.2 Å². The molecule has 0 aromatic carbocycles. The number of nitrogens with one attached hydrogen (secondary N) is 1. The van der Waals surface area contributed by atoms with E-state index in [9.17, 15) is 24.3 Å². The highest BCUT2D eigenvalue weighted by molar-refractivity contribution is 8.00. The van der Waals surface area contributed by atoms with Gasteiger partial charge < -0.3 is 24.3 Å². The number of esters is 1. The van der Waals surface area contributed by atoms with Crippen molar-refractivity contribution >= 4 is 35.5 Å². The van der Waals surface area contributed by atoms with E-state index in [0.29, 0.717) is 5.57 Å². The summed E-state index contributed by atoms with van der Waals surface area (Å²) < 4.78 is 15.5. The summed E-state index contributed by atoms with van der Waals surface area (Å²) in [6, 6.07) is 0. The predicted octanol–water partition coefficient (Wildman–Crippen LogP) is -0.117. The third-order valence-electron chi connectivity index (χ3n) is 4.25. The van der Waals surface area contributed by atoms with E-state index >= 15 is 0 Å². The number of aromatic nitrogens is 1. The van der Waals surface area contributed by atoms with Crippen molar-refractivity contribution in [3.05, 3.63) is 29.6 Å². The van der Waals surface area contributed by atoms with E-state index in [-0.39, 0.29) is 37.0 Å². The molecule has 2 N–H and O–H groups in total. The Bertz CT molecular complexity index is 868. The first-order chi connectivity index (χ1) is 13.8. The molecule has 0 radical (unpaired) electrons. The van der Waals surface area contributed by atoms with Gasteiger partial charge in [0.15, 0.2) is 0 Å². The fourth-order valence-electron chi connectivity index (χ4n) is 3.13. The molecule has 156 valence electrons. The number of hydrogen-bond acceptors (Lipinski definition) is 9. The fraction of sp³-hybridized carbons (Fsp3) is 0.471. The maximum atomic E-state index is 13.0. The predicted molar refractivity (Wildman–Crippen MR) is 97.1 cm³/mol. The molecule has 3 heterocycles. The van der Waals surface area contributed by atoms with Crippen LogP contribution in [0.3, 0.4) is 0 Å². The molecular weight excluding hydrogens is 406 g/mol. The highest BCUT2D eigenvalue weighted by atomic mass is 32.2. The van der Waals surface area contributed by atoms with Crippen LogP contribution in [0.25, 0.3) is 0 Å². The standard InChI is InChI=1S/C17H19N3O8S/c1-3-28-17(19-11(22)6-12-18-4-5-26-12)15(25)20-13(14(23)24)10(7-27-9(2)21)8-29-16(17)20/h4-5,16H,3,6-8H2,1-2H3,(H,19,22)(H,23,24)/t16-,17-/m1/s1. The number of carboxylic acids is 1. The summed E-state index contributed by atoms with van der Waals surface area (Å²) >= 11 is 1.21. The molecule has 1 aromatic heterocycles. The van der Waals surface area contributed by atoms with Gasteiger partial charge in [0.2, 0.25) is 11.8 Å². The van der Waals surface area contributed by atoms with E-state index in [0.717, 1.165) is 4.90 Å². The number of hydrogen-bond donors (Lipinski definition) is 2. The van der Waals surface area contributed by atoms with Gasteiger partial charge in [-0.3, -0.25) is 19.3 Å². The van der Waals surface area contributed by atoms with Crippen LogP contribution in [0.1, 0.15) is 19.7 Å². The van der Waals surface area contributed by atoms with E-state index in [1.165, 1.54) is 31.1 Å². The second kappa shape index (κ2) is 8.25. The number of ether oxygens (including phenoxy) is 2. The minimum absolute atomic E-state index is 0.113. The largest absolute Gasteiger partial charge is 0.477 e. The number of fused-ring (bicyclic) bond motifs is 1. The molecule has 2 aliphatic heterocycles. The first-order valence-electron chi connectivity index (χ1n) is 8.67. The number of aliphatic carboxylic acids is 1. The van der Waals surface area contributed by atoms with Crippen LogP contribution < -0.4 is 5.32 Å². The molecule has 11 nitrogen and oxygen atoms in total. The summed E-state index contributed by atoms with van der Waals surface area (Å²) in [5.41, 5.74) is -1.67. The zero-order valence-corrected chi connectivity index (χ0v) is 16.5. The van der Waals surface area contributed by atoms with Crippen LogP contribution in [0.2, 0.25) is 0 Å². The number of carbonyl (C=O) groups is 4. The normalized spacial score (nSPS) is 23.3. The van der Waals surface area contributed by atoms with Gasteiger partial charge in [-0.05, 0) is 6.92 Å². The summed E-state index contributed by atoms with van der Waals surface area (Å²) in [7, 11) is 0. The van der Waals surface area contributed by atoms with Gasteiger partial charge in [0.25, 0.3) is 11.6 Å². The van der Waals surface area contributed by atoms with Gasteiger partial charge in [-0.25, -0.2) is 9.78 Å². The Labute approximate surface area is 169 Å². The molecule has 0 unspecified atom stereocenters. The van der Waals surface area contributed by atoms with Gasteiger partial charge in [0.1, 0.15) is 30.4 Å². The topological polar surface area (TPSA) is 148 Å². The Morgan fingerprint density at radius 3 is 2.83 bits per heavy atom. The van der Waals surface area contributed by atoms with Crippen molar-refractivity contribution in [2.75, 3.05) is 19.0 Å². The summed E-state index contributed by atoms with van der Waals surface area (Å²) in [4.78, 5) is 53.2. The van der Waals surface area contributed by atoms with Crippen molar-refractivity contribution in [2.24, 2.45) is 0 Å². The van der Waals surface area contributed by atoms with Crippen molar-refractivity contribution < 1.29 is 38.2 Å². The molecule has 1 fully saturated rings. The zero-order valence-electron chi connectivity index (χ0n) is 15.7. The van der Waals surface area contributed by atoms with E-state index in [1.54, 1.807) is 6.92 Å². The molecule has 2 aliphatic rings. The van der Waals surface area contributed by atoms with Crippen LogP contribution in [-0.4, -0.2) is 68.8 Å². The highest BCUT2D eigenvalue weighted by Gasteiger charge is 2.67. The molecule has 2 atom stereocenters. The molecular formula is C17H19N3O8S. The molecule has 3 rings (SSSR count). The summed E-state index contributed by atoms with van der Waals surface area (Å²) in [6.45, 7) is 2.74. The second-order valence-electron chi connectivity index (χ2n) is 6.20. The van der Waals surface area contributed by atoms with Gasteiger partial charge in [0.05, 0.1) is 6.20 Å². The van der Waals surface area contributed by atoms with Gasteiger partial charge >= 0.3 is 11.9 Å². The summed E-state index contributed by atoms with van der Waals surface area (Å²) in [5.74, 6) is -2.80. The van der Waals surface area contributed by atoms with Gasteiger partial charge in [0, 0.05) is 24.9 Å². The Balaban J connectivity index is 1.84. The lowest BCUT2D eigenvalue weighted by Gasteiger charge is -2.56. The maximum absolute atomic E-state index is 13.0. The average Bonchev–Trinajstić information content (AvgIpc) is 3.17. The molecule has 1 saturated heterocycles. The monoisotopic (exact) mass is 425 g/mol. The molecule has 1 aromatic rings. The third kappa shape index (κ3) is 3.85. The highest BCUT2D eigenvalue weighted by Crippen LogP contribution is 2.46. The van der Waals surface area contributed by atoms with Crippen molar-refractivity contribution in [3.8, 4) is 0 Å². The number of carboxylic acid groups (broad SMARTS) is 1. The fourth-order valence-corrected chi connectivity index (χ4v) is 4.52. The lowest BCUT2D eigenvalue weighted by Crippen LogP contribution is -2.81. The minimum Gasteiger partial charge on any atom is -0.477 e. The minimum atomic E-state index is -1.70. The summed E-state index contributed by atoms with van der Waals surface area (Å²) in [5, 5.41) is 11.4. The SMILES string of the molecule is CCO[C@]1(NC(=O)Cc2ncco2)C(=O)N2C(C(=O)O)=C(COC(C)=O)CS[C@@H]21. The number of β-lactam (4-membered cyclic amide) rings is 1. The van der Waals surface area contributed by atoms with Crippen molar-refractivity contribution in [3.63, 3.8) is 0 Å². The number of amides is 2. The van der Waals surface area contributed by atoms with E-state index in [1.807, 2.05) is 0 Å². The van der Waals surface area contributed by atoms with Crippen LogP contribution in [-0.2, 0) is 35.1 Å².